The maximum Gasteiger partial charge on any atom is 0.294 e. The minimum atomic E-state index is -0.429. The number of nitrogens with zero attached hydrogens (tertiary/aromatic N) is 2. The van der Waals surface area contributed by atoms with E-state index in [0.717, 1.165) is 16.9 Å². The standard InChI is InChI=1S/C19H19BrN2O4/c1-2-26-16-6-3-13(4-7-16)5-8-18(23)21-10-9-14-11-15(20)12-17(19(14)21)22(24)25/h3-4,6-7,11-12H,2,5,8-10H2,1H3. The Bertz CT molecular complexity index is 836. The number of ether oxygens (including phenoxy) is 1. The molecule has 0 unspecified atom stereocenters. The zero-order chi connectivity index (χ0) is 18.7. The van der Waals surface area contributed by atoms with E-state index in [2.05, 4.69) is 15.9 Å². The lowest BCUT2D eigenvalue weighted by molar-refractivity contribution is -0.384. The monoisotopic (exact) mass is 418 g/mol. The molecule has 0 bridgehead atoms. The van der Waals surface area contributed by atoms with Crippen molar-refractivity contribution < 1.29 is 14.5 Å². The molecule has 0 radical (unpaired) electrons. The molecule has 1 aliphatic rings. The van der Waals surface area contributed by atoms with Gasteiger partial charge in [-0.05, 0) is 49.1 Å². The first-order chi connectivity index (χ1) is 12.5. The van der Waals surface area contributed by atoms with Crippen molar-refractivity contribution in [3.63, 3.8) is 0 Å². The van der Waals surface area contributed by atoms with Crippen LogP contribution in [0.25, 0.3) is 0 Å². The number of nitro benzene ring substituents is 1. The Hall–Kier alpha value is -2.41. The van der Waals surface area contributed by atoms with Gasteiger partial charge in [-0.2, -0.15) is 0 Å². The van der Waals surface area contributed by atoms with E-state index in [1.807, 2.05) is 37.3 Å². The Labute approximate surface area is 160 Å². The molecule has 1 amide bonds. The molecule has 0 atom stereocenters. The molecule has 0 saturated carbocycles. The van der Waals surface area contributed by atoms with Crippen molar-refractivity contribution in [2.75, 3.05) is 18.1 Å². The van der Waals surface area contributed by atoms with Crippen LogP contribution in [-0.2, 0) is 17.6 Å². The van der Waals surface area contributed by atoms with Gasteiger partial charge >= 0.3 is 0 Å². The molecule has 2 aromatic rings. The lowest BCUT2D eigenvalue weighted by Crippen LogP contribution is -2.29. The van der Waals surface area contributed by atoms with Gasteiger partial charge in [0.25, 0.3) is 5.69 Å². The number of halogens is 1. The van der Waals surface area contributed by atoms with Gasteiger partial charge in [-0.1, -0.05) is 28.1 Å². The van der Waals surface area contributed by atoms with Crippen LogP contribution in [0.5, 0.6) is 5.75 Å². The Balaban J connectivity index is 1.72. The number of hydrogen-bond donors (Lipinski definition) is 0. The van der Waals surface area contributed by atoms with E-state index in [0.29, 0.717) is 42.6 Å². The lowest BCUT2D eigenvalue weighted by atomic mass is 10.1. The lowest BCUT2D eigenvalue weighted by Gasteiger charge is -2.17. The van der Waals surface area contributed by atoms with Crippen molar-refractivity contribution >= 4 is 33.2 Å². The summed E-state index contributed by atoms with van der Waals surface area (Å²) in [5.41, 5.74) is 2.28. The van der Waals surface area contributed by atoms with Crippen LogP contribution < -0.4 is 9.64 Å². The summed E-state index contributed by atoms with van der Waals surface area (Å²) in [6.07, 6.45) is 1.52. The summed E-state index contributed by atoms with van der Waals surface area (Å²) in [5.74, 6) is 0.709. The van der Waals surface area contributed by atoms with Gasteiger partial charge in [0.05, 0.1) is 11.5 Å². The van der Waals surface area contributed by atoms with Crippen LogP contribution in [0.15, 0.2) is 40.9 Å². The van der Waals surface area contributed by atoms with Crippen LogP contribution in [0.2, 0.25) is 0 Å². The molecular formula is C19H19BrN2O4. The average molecular weight is 419 g/mol. The summed E-state index contributed by atoms with van der Waals surface area (Å²) < 4.78 is 6.07. The van der Waals surface area contributed by atoms with E-state index >= 15 is 0 Å². The number of carbonyl (C=O) groups excluding carboxylic acids is 1. The highest BCUT2D eigenvalue weighted by Gasteiger charge is 2.32. The summed E-state index contributed by atoms with van der Waals surface area (Å²) in [5, 5.41) is 11.4. The molecule has 136 valence electrons. The second kappa shape index (κ2) is 7.86. The molecule has 0 saturated heterocycles. The van der Waals surface area contributed by atoms with Gasteiger partial charge in [0, 0.05) is 23.5 Å². The second-order valence-corrected chi connectivity index (χ2v) is 6.98. The van der Waals surface area contributed by atoms with Crippen LogP contribution in [0.4, 0.5) is 11.4 Å². The van der Waals surface area contributed by atoms with E-state index in [4.69, 9.17) is 4.74 Å². The quantitative estimate of drug-likeness (QED) is 0.518. The van der Waals surface area contributed by atoms with E-state index in [1.165, 1.54) is 6.07 Å². The van der Waals surface area contributed by atoms with Gasteiger partial charge in [-0.25, -0.2) is 0 Å². The Kier molecular flexibility index (Phi) is 5.56. The van der Waals surface area contributed by atoms with Gasteiger partial charge in [0.1, 0.15) is 11.4 Å². The van der Waals surface area contributed by atoms with Gasteiger partial charge in [-0.15, -0.1) is 0 Å². The number of amides is 1. The zero-order valence-corrected chi connectivity index (χ0v) is 16.0. The van der Waals surface area contributed by atoms with Crippen molar-refractivity contribution in [1.82, 2.24) is 0 Å². The molecule has 0 aromatic heterocycles. The first-order valence-electron chi connectivity index (χ1n) is 8.48. The van der Waals surface area contributed by atoms with Crippen LogP contribution in [-0.4, -0.2) is 24.0 Å². The molecule has 1 heterocycles. The summed E-state index contributed by atoms with van der Waals surface area (Å²) in [6.45, 7) is 3.02. The molecule has 0 aliphatic carbocycles. The summed E-state index contributed by atoms with van der Waals surface area (Å²) >= 11 is 3.30. The fourth-order valence-electron chi connectivity index (χ4n) is 3.18. The number of aryl methyl sites for hydroxylation is 1. The first kappa shape index (κ1) is 18.4. The molecule has 2 aromatic carbocycles. The van der Waals surface area contributed by atoms with Crippen LogP contribution >= 0.6 is 15.9 Å². The third kappa shape index (κ3) is 3.88. The highest BCUT2D eigenvalue weighted by Crippen LogP contribution is 2.39. The smallest absolute Gasteiger partial charge is 0.294 e. The average Bonchev–Trinajstić information content (AvgIpc) is 3.04. The Morgan fingerprint density at radius 2 is 2.04 bits per heavy atom. The van der Waals surface area contributed by atoms with Crippen molar-refractivity contribution in [2.24, 2.45) is 0 Å². The molecule has 0 fully saturated rings. The molecular weight excluding hydrogens is 400 g/mol. The van der Waals surface area contributed by atoms with E-state index in [9.17, 15) is 14.9 Å². The maximum atomic E-state index is 12.7. The van der Waals surface area contributed by atoms with Crippen molar-refractivity contribution in [3.05, 3.63) is 62.1 Å². The number of fused-ring (bicyclic) bond motifs is 1. The maximum absolute atomic E-state index is 12.7. The fourth-order valence-corrected chi connectivity index (χ4v) is 3.67. The number of anilines is 1. The molecule has 3 rings (SSSR count). The third-order valence-corrected chi connectivity index (χ3v) is 4.83. The highest BCUT2D eigenvalue weighted by molar-refractivity contribution is 9.10. The summed E-state index contributed by atoms with van der Waals surface area (Å²) in [4.78, 5) is 25.2. The fraction of sp³-hybridized carbons (Fsp3) is 0.316. The number of hydrogen-bond acceptors (Lipinski definition) is 4. The highest BCUT2D eigenvalue weighted by atomic mass is 79.9. The van der Waals surface area contributed by atoms with Gasteiger partial charge < -0.3 is 9.64 Å². The topological polar surface area (TPSA) is 72.7 Å². The van der Waals surface area contributed by atoms with Gasteiger partial charge in [-0.3, -0.25) is 14.9 Å². The van der Waals surface area contributed by atoms with Crippen molar-refractivity contribution in [3.8, 4) is 5.75 Å². The Morgan fingerprint density at radius 1 is 1.31 bits per heavy atom. The Morgan fingerprint density at radius 3 is 2.69 bits per heavy atom. The zero-order valence-electron chi connectivity index (χ0n) is 14.4. The van der Waals surface area contributed by atoms with E-state index in [-0.39, 0.29) is 11.6 Å². The predicted molar refractivity (Wildman–Crippen MR) is 103 cm³/mol. The molecule has 1 aliphatic heterocycles. The van der Waals surface area contributed by atoms with Gasteiger partial charge in [0.2, 0.25) is 5.91 Å². The van der Waals surface area contributed by atoms with E-state index < -0.39 is 4.92 Å². The van der Waals surface area contributed by atoms with Gasteiger partial charge in [0.15, 0.2) is 0 Å². The molecule has 0 N–H and O–H groups in total. The molecule has 7 heteroatoms. The van der Waals surface area contributed by atoms with Crippen LogP contribution in [0.1, 0.15) is 24.5 Å². The summed E-state index contributed by atoms with van der Waals surface area (Å²) in [6, 6.07) is 11.0. The van der Waals surface area contributed by atoms with E-state index in [1.54, 1.807) is 4.90 Å². The van der Waals surface area contributed by atoms with Crippen molar-refractivity contribution in [1.29, 1.82) is 0 Å². The second-order valence-electron chi connectivity index (χ2n) is 6.06. The number of nitro groups is 1. The predicted octanol–water partition coefficient (Wildman–Crippen LogP) is 4.28. The minimum Gasteiger partial charge on any atom is -0.494 e. The number of rotatable bonds is 6. The molecule has 0 spiro atoms. The first-order valence-corrected chi connectivity index (χ1v) is 9.27. The normalized spacial score (nSPS) is 12.8. The molecule has 26 heavy (non-hydrogen) atoms. The van der Waals surface area contributed by atoms with Crippen molar-refractivity contribution in [2.45, 2.75) is 26.2 Å². The third-order valence-electron chi connectivity index (χ3n) is 4.37. The summed E-state index contributed by atoms with van der Waals surface area (Å²) in [7, 11) is 0. The van der Waals surface area contributed by atoms with Crippen LogP contribution in [0, 0.1) is 10.1 Å². The largest absolute Gasteiger partial charge is 0.494 e. The molecule has 6 nitrogen and oxygen atoms in total. The SMILES string of the molecule is CCOc1ccc(CCC(=O)N2CCc3cc(Br)cc([N+](=O)[O-])c32)cc1. The number of benzene rings is 2. The minimum absolute atomic E-state index is 0.0266. The number of carbonyl (C=O) groups is 1. The van der Waals surface area contributed by atoms with Crippen LogP contribution in [0.3, 0.4) is 0 Å².